The van der Waals surface area contributed by atoms with Gasteiger partial charge in [-0.1, -0.05) is 86.3 Å². The van der Waals surface area contributed by atoms with Gasteiger partial charge in [0.25, 0.3) is 0 Å². The zero-order valence-corrected chi connectivity index (χ0v) is 37.7. The molecular formula is C42H79BN7O9P. The number of hydrogen-bond acceptors (Lipinski definition) is 10. The van der Waals surface area contributed by atoms with Gasteiger partial charge >= 0.3 is 11.9 Å². The van der Waals surface area contributed by atoms with Crippen LogP contribution in [0.15, 0.2) is 0 Å². The van der Waals surface area contributed by atoms with Gasteiger partial charge < -0.3 is 47.8 Å². The van der Waals surface area contributed by atoms with Gasteiger partial charge in [-0.25, -0.2) is 4.79 Å². The third kappa shape index (κ3) is 33.6. The summed E-state index contributed by atoms with van der Waals surface area (Å²) in [5.74, 6) is -3.21. The first-order valence-corrected chi connectivity index (χ1v) is 23.1. The summed E-state index contributed by atoms with van der Waals surface area (Å²) in [6.07, 6.45) is 21.9. The number of amides is 4. The summed E-state index contributed by atoms with van der Waals surface area (Å²) in [5, 5.41) is 34.8. The van der Waals surface area contributed by atoms with E-state index in [9.17, 15) is 38.7 Å². The quantitative estimate of drug-likeness (QED) is 0.0241. The molecule has 344 valence electrons. The first-order valence-electron chi connectivity index (χ1n) is 22.6. The lowest BCUT2D eigenvalue weighted by Gasteiger charge is -2.17. The Hall–Kier alpha value is -3.14. The molecule has 0 aliphatic heterocycles. The molecule has 0 rings (SSSR count). The number of nitrogens with two attached hydrogens (primary N) is 1. The highest BCUT2D eigenvalue weighted by Crippen LogP contribution is 2.14. The molecule has 0 aromatic rings. The average molecular weight is 868 g/mol. The van der Waals surface area contributed by atoms with E-state index in [1.807, 2.05) is 0 Å². The number of rotatable bonds is 42. The van der Waals surface area contributed by atoms with Gasteiger partial charge in [-0.05, 0) is 84.1 Å². The minimum atomic E-state index is -1.17. The van der Waals surface area contributed by atoms with E-state index in [0.717, 1.165) is 32.1 Å². The summed E-state index contributed by atoms with van der Waals surface area (Å²) >= 11 is 0. The molecule has 4 unspecified atom stereocenters. The fourth-order valence-corrected chi connectivity index (χ4v) is 6.96. The monoisotopic (exact) mass is 868 g/mol. The summed E-state index contributed by atoms with van der Waals surface area (Å²) < 4.78 is 0. The van der Waals surface area contributed by atoms with Crippen molar-refractivity contribution in [3.05, 3.63) is 0 Å². The van der Waals surface area contributed by atoms with Crippen molar-refractivity contribution in [2.24, 2.45) is 5.73 Å². The van der Waals surface area contributed by atoms with Crippen molar-refractivity contribution in [1.82, 2.24) is 31.8 Å². The van der Waals surface area contributed by atoms with E-state index in [2.05, 4.69) is 41.1 Å². The molecule has 18 heteroatoms. The molecule has 0 spiro atoms. The van der Waals surface area contributed by atoms with E-state index in [1.165, 1.54) is 51.4 Å². The van der Waals surface area contributed by atoms with Gasteiger partial charge in [-0.3, -0.25) is 28.8 Å². The van der Waals surface area contributed by atoms with Crippen molar-refractivity contribution in [2.45, 2.75) is 198 Å². The molecule has 2 radical (unpaired) electrons. The highest BCUT2D eigenvalue weighted by atomic mass is 31.0. The van der Waals surface area contributed by atoms with Crippen LogP contribution in [-0.2, 0) is 33.6 Å². The fraction of sp³-hybridized carbons (Fsp3) is 0.833. The Labute approximate surface area is 363 Å². The number of likely N-dealkylation sites (N-methyl/N-ethyl adjacent to an activating group) is 1. The van der Waals surface area contributed by atoms with Gasteiger partial charge in [0.1, 0.15) is 11.6 Å². The van der Waals surface area contributed by atoms with E-state index in [0.29, 0.717) is 90.3 Å². The fourth-order valence-electron chi connectivity index (χ4n) is 6.75. The molecule has 0 saturated carbocycles. The van der Waals surface area contributed by atoms with E-state index in [1.54, 1.807) is 7.05 Å². The van der Waals surface area contributed by atoms with Gasteiger partial charge in [0.15, 0.2) is 7.98 Å². The Bertz CT molecular complexity index is 1220. The topological polar surface area (TPSA) is 258 Å². The predicted molar refractivity (Wildman–Crippen MR) is 239 cm³/mol. The van der Waals surface area contributed by atoms with E-state index in [-0.39, 0.29) is 54.5 Å². The molecule has 0 aromatic carbocycles. The predicted octanol–water partition coefficient (Wildman–Crippen LogP) is 3.88. The molecule has 60 heavy (non-hydrogen) atoms. The molecule has 0 bridgehead atoms. The van der Waals surface area contributed by atoms with Crippen LogP contribution < -0.4 is 37.5 Å². The smallest absolute Gasteiger partial charge is 0.326 e. The standard InChI is InChI=1S/C42H79BN7O9P/c1-45-33(40(55)48-31-21-18-24-35(50-43)42(58)59)23-17-20-30-47-39(54)32(44)22-16-19-29-46-36(51)28-27-34(41(56)57)49-37(52)25-14-12-10-8-6-4-2-3-5-7-9-11-13-15-26-38(53)60/h32-35,45,50H,2-31,44,60H2,1H3,(H,46,51)(H,47,54)(H,48,55)(H,49,52)(H,56,57)(H,58,59)/t32-,33?,34?,35?/m0/s1. The number of carboxylic acid groups (broad SMARTS) is 2. The molecule has 0 saturated heterocycles. The molecule has 4 amide bonds. The number of carboxylic acids is 2. The average Bonchev–Trinajstić information content (AvgIpc) is 3.21. The zero-order valence-electron chi connectivity index (χ0n) is 36.5. The molecule has 0 aliphatic carbocycles. The third-order valence-corrected chi connectivity index (χ3v) is 10.9. The molecule has 0 aromatic heterocycles. The second-order valence-corrected chi connectivity index (χ2v) is 16.5. The lowest BCUT2D eigenvalue weighted by molar-refractivity contribution is -0.142. The Balaban J connectivity index is 3.93. The van der Waals surface area contributed by atoms with Crippen molar-refractivity contribution in [3.8, 4) is 0 Å². The minimum Gasteiger partial charge on any atom is -0.480 e. The Morgan fingerprint density at radius 2 is 0.933 bits per heavy atom. The molecule has 16 nitrogen and oxygen atoms in total. The van der Waals surface area contributed by atoms with Crippen LogP contribution >= 0.6 is 9.24 Å². The highest BCUT2D eigenvalue weighted by Gasteiger charge is 2.21. The van der Waals surface area contributed by atoms with Gasteiger partial charge in [-0.2, -0.15) is 0 Å². The van der Waals surface area contributed by atoms with Crippen molar-refractivity contribution < 1.29 is 43.8 Å². The largest absolute Gasteiger partial charge is 0.480 e. The first-order chi connectivity index (χ1) is 28.8. The Morgan fingerprint density at radius 3 is 1.40 bits per heavy atom. The van der Waals surface area contributed by atoms with E-state index < -0.39 is 30.1 Å². The van der Waals surface area contributed by atoms with Gasteiger partial charge in [-0.15, -0.1) is 0 Å². The van der Waals surface area contributed by atoms with Crippen LogP contribution in [0, 0.1) is 0 Å². The number of carbonyl (C=O) groups excluding carboxylic acids is 5. The number of hydrogen-bond donors (Lipinski definition) is 9. The second-order valence-electron chi connectivity index (χ2n) is 15.8. The number of aliphatic carboxylic acids is 2. The van der Waals surface area contributed by atoms with Crippen LogP contribution in [0.1, 0.15) is 173 Å². The molecule has 0 aliphatic rings. The maximum absolute atomic E-state index is 12.5. The summed E-state index contributed by atoms with van der Waals surface area (Å²) in [7, 11) is 9.16. The first kappa shape index (κ1) is 56.9. The molecule has 0 heterocycles. The number of unbranched alkanes of at least 4 members (excludes halogenated alkanes) is 16. The maximum atomic E-state index is 12.5. The maximum Gasteiger partial charge on any atom is 0.326 e. The summed E-state index contributed by atoms with van der Waals surface area (Å²) in [6.45, 7) is 1.21. The SMILES string of the molecule is [B]NC(CCCCNC(=O)C(CCCCNC(=O)[C@@H](N)CCCCNC(=O)CCC(NC(=O)CCCCCCCCCCCCCCCCC(=O)P)C(=O)O)NC)C(=O)O. The third-order valence-electron chi connectivity index (χ3n) is 10.6. The van der Waals surface area contributed by atoms with Gasteiger partial charge in [0.05, 0.1) is 18.1 Å². The lowest BCUT2D eigenvalue weighted by atomic mass is 10.0. The number of carbonyl (C=O) groups is 7. The van der Waals surface area contributed by atoms with Gasteiger partial charge in [0, 0.05) is 38.9 Å². The van der Waals surface area contributed by atoms with Crippen LogP contribution in [0.3, 0.4) is 0 Å². The van der Waals surface area contributed by atoms with E-state index >= 15 is 0 Å². The van der Waals surface area contributed by atoms with Crippen LogP contribution in [0.25, 0.3) is 0 Å². The normalized spacial score (nSPS) is 13.1. The molecular weight excluding hydrogens is 788 g/mol. The van der Waals surface area contributed by atoms with Crippen molar-refractivity contribution in [3.63, 3.8) is 0 Å². The Morgan fingerprint density at radius 1 is 0.500 bits per heavy atom. The Kier molecular flexibility index (Phi) is 36.7. The zero-order chi connectivity index (χ0) is 44.8. The molecule has 0 fully saturated rings. The lowest BCUT2D eigenvalue weighted by Crippen LogP contribution is -2.43. The van der Waals surface area contributed by atoms with Crippen LogP contribution in [0.2, 0.25) is 0 Å². The summed E-state index contributed by atoms with van der Waals surface area (Å²) in [4.78, 5) is 83.2. The van der Waals surface area contributed by atoms with Crippen molar-refractivity contribution in [2.75, 3.05) is 26.7 Å². The number of nitrogens with one attached hydrogen (secondary N) is 6. The molecule has 10 N–H and O–H groups in total. The van der Waals surface area contributed by atoms with E-state index in [4.69, 9.17) is 18.8 Å². The van der Waals surface area contributed by atoms with Crippen LogP contribution in [0.5, 0.6) is 0 Å². The summed E-state index contributed by atoms with van der Waals surface area (Å²) in [5.41, 5.74) is 6.24. The molecule has 5 atom stereocenters. The minimum absolute atomic E-state index is 0.00664. The van der Waals surface area contributed by atoms with Crippen LogP contribution in [-0.4, -0.2) is 110 Å². The second kappa shape index (κ2) is 38.8. The summed E-state index contributed by atoms with van der Waals surface area (Å²) in [6, 6.07) is -3.02. The van der Waals surface area contributed by atoms with Crippen molar-refractivity contribution in [1.29, 1.82) is 0 Å². The van der Waals surface area contributed by atoms with Crippen molar-refractivity contribution >= 4 is 58.3 Å². The van der Waals surface area contributed by atoms with Crippen LogP contribution in [0.4, 0.5) is 0 Å². The highest BCUT2D eigenvalue weighted by molar-refractivity contribution is 7.40. The van der Waals surface area contributed by atoms with Gasteiger partial charge in [0.2, 0.25) is 23.6 Å².